The van der Waals surface area contributed by atoms with Gasteiger partial charge >= 0.3 is 0 Å². The first-order valence-corrected chi connectivity index (χ1v) is 6.04. The number of rotatable bonds is 2. The van der Waals surface area contributed by atoms with Gasteiger partial charge in [0.15, 0.2) is 5.57 Å². The highest BCUT2D eigenvalue weighted by atomic mass is 35.5. The third-order valence-corrected chi connectivity index (χ3v) is 2.60. The summed E-state index contributed by atoms with van der Waals surface area (Å²) in [6.45, 7) is 5.14. The van der Waals surface area contributed by atoms with Crippen LogP contribution in [0.1, 0.15) is 20.8 Å². The van der Waals surface area contributed by atoms with E-state index in [2.05, 4.69) is 5.32 Å². The molecule has 0 heterocycles. The molecule has 0 unspecified atom stereocenters. The standard InChI is InChI=1S/C14H15ClN2O2/c1-14(2,3)12(18)11(8-16)13(19)17-10-6-4-5-9(15)7-10/h4-7,18H,1-3H3,(H,17,19)/b12-11-. The van der Waals surface area contributed by atoms with E-state index in [9.17, 15) is 9.90 Å². The van der Waals surface area contributed by atoms with Gasteiger partial charge in [0.05, 0.1) is 0 Å². The van der Waals surface area contributed by atoms with E-state index in [1.54, 1.807) is 51.1 Å². The molecule has 0 fully saturated rings. The Bertz CT molecular complexity index is 566. The Morgan fingerprint density at radius 1 is 1.42 bits per heavy atom. The number of amides is 1. The first-order valence-electron chi connectivity index (χ1n) is 5.66. The van der Waals surface area contributed by atoms with Crippen LogP contribution in [0.3, 0.4) is 0 Å². The number of nitrogens with one attached hydrogen (secondary N) is 1. The van der Waals surface area contributed by atoms with Crippen molar-refractivity contribution in [1.82, 2.24) is 0 Å². The normalized spacial score (nSPS) is 12.4. The van der Waals surface area contributed by atoms with Gasteiger partial charge in [0.1, 0.15) is 11.8 Å². The maximum Gasteiger partial charge on any atom is 0.269 e. The van der Waals surface area contributed by atoms with Crippen molar-refractivity contribution in [1.29, 1.82) is 5.26 Å². The number of halogens is 1. The SMILES string of the molecule is CC(C)(C)/C(O)=C(\C#N)C(=O)Nc1cccc(Cl)c1. The first-order chi connectivity index (χ1) is 8.75. The molecule has 5 heteroatoms. The van der Waals surface area contributed by atoms with Gasteiger partial charge in [0, 0.05) is 16.1 Å². The summed E-state index contributed by atoms with van der Waals surface area (Å²) >= 11 is 5.80. The van der Waals surface area contributed by atoms with Crippen LogP contribution >= 0.6 is 11.6 Å². The van der Waals surface area contributed by atoms with Crippen LogP contribution in [0.4, 0.5) is 5.69 Å². The summed E-state index contributed by atoms with van der Waals surface area (Å²) in [7, 11) is 0. The quantitative estimate of drug-likeness (QED) is 0.492. The molecule has 0 bridgehead atoms. The summed E-state index contributed by atoms with van der Waals surface area (Å²) < 4.78 is 0. The molecule has 1 rings (SSSR count). The van der Waals surface area contributed by atoms with Crippen molar-refractivity contribution in [2.75, 3.05) is 5.32 Å². The van der Waals surface area contributed by atoms with E-state index in [4.69, 9.17) is 16.9 Å². The molecule has 100 valence electrons. The molecule has 4 nitrogen and oxygen atoms in total. The van der Waals surface area contributed by atoms with Gasteiger partial charge in [-0.1, -0.05) is 38.4 Å². The maximum absolute atomic E-state index is 11.9. The van der Waals surface area contributed by atoms with Gasteiger partial charge in [0.2, 0.25) is 0 Å². The zero-order valence-corrected chi connectivity index (χ0v) is 11.7. The van der Waals surface area contributed by atoms with E-state index in [0.717, 1.165) is 0 Å². The average molecular weight is 279 g/mol. The highest BCUT2D eigenvalue weighted by molar-refractivity contribution is 6.31. The molecule has 0 atom stereocenters. The molecule has 1 aromatic rings. The lowest BCUT2D eigenvalue weighted by atomic mass is 9.90. The molecule has 0 aliphatic carbocycles. The van der Waals surface area contributed by atoms with Gasteiger partial charge in [-0.25, -0.2) is 0 Å². The maximum atomic E-state index is 11.9. The van der Waals surface area contributed by atoms with Crippen molar-refractivity contribution in [3.05, 3.63) is 40.6 Å². The van der Waals surface area contributed by atoms with Crippen molar-refractivity contribution in [2.45, 2.75) is 20.8 Å². The van der Waals surface area contributed by atoms with Crippen molar-refractivity contribution in [2.24, 2.45) is 5.41 Å². The molecular weight excluding hydrogens is 264 g/mol. The average Bonchev–Trinajstić information content (AvgIpc) is 2.28. The van der Waals surface area contributed by atoms with Crippen LogP contribution in [0.5, 0.6) is 0 Å². The molecule has 0 aliphatic rings. The number of carbonyl (C=O) groups excluding carboxylic acids is 1. The minimum absolute atomic E-state index is 0.241. The number of anilines is 1. The number of benzene rings is 1. The number of aliphatic hydroxyl groups is 1. The van der Waals surface area contributed by atoms with Crippen LogP contribution in [-0.2, 0) is 4.79 Å². The highest BCUT2D eigenvalue weighted by Gasteiger charge is 2.25. The molecule has 0 saturated carbocycles. The van der Waals surface area contributed by atoms with Gasteiger partial charge in [0.25, 0.3) is 5.91 Å². The summed E-state index contributed by atoms with van der Waals surface area (Å²) in [4.78, 5) is 11.9. The highest BCUT2D eigenvalue weighted by Crippen LogP contribution is 2.26. The number of hydrogen-bond donors (Lipinski definition) is 2. The predicted octanol–water partition coefficient (Wildman–Crippen LogP) is 3.66. The summed E-state index contributed by atoms with van der Waals surface area (Å²) in [6, 6.07) is 8.28. The van der Waals surface area contributed by atoms with E-state index in [-0.39, 0.29) is 11.3 Å². The topological polar surface area (TPSA) is 73.1 Å². The lowest BCUT2D eigenvalue weighted by Gasteiger charge is -2.18. The first kappa shape index (κ1) is 15.1. The summed E-state index contributed by atoms with van der Waals surface area (Å²) in [5.41, 5.74) is -0.504. The minimum atomic E-state index is -0.670. The fourth-order valence-corrected chi connectivity index (χ4v) is 1.54. The Morgan fingerprint density at radius 2 is 2.05 bits per heavy atom. The molecule has 0 spiro atoms. The van der Waals surface area contributed by atoms with Crippen molar-refractivity contribution in [3.8, 4) is 6.07 Å². The minimum Gasteiger partial charge on any atom is -0.510 e. The van der Waals surface area contributed by atoms with E-state index in [0.29, 0.717) is 10.7 Å². The van der Waals surface area contributed by atoms with Crippen LogP contribution in [0.25, 0.3) is 0 Å². The largest absolute Gasteiger partial charge is 0.510 e. The molecular formula is C14H15ClN2O2. The Morgan fingerprint density at radius 3 is 2.53 bits per heavy atom. The number of allylic oxidation sites excluding steroid dienone is 1. The molecule has 19 heavy (non-hydrogen) atoms. The zero-order valence-electron chi connectivity index (χ0n) is 11.0. The number of hydrogen-bond acceptors (Lipinski definition) is 3. The number of carbonyl (C=O) groups is 1. The van der Waals surface area contributed by atoms with Crippen LogP contribution in [0.2, 0.25) is 5.02 Å². The van der Waals surface area contributed by atoms with Gasteiger partial charge in [-0.05, 0) is 18.2 Å². The Balaban J connectivity index is 3.03. The molecule has 0 aliphatic heterocycles. The van der Waals surface area contributed by atoms with Gasteiger partial charge < -0.3 is 10.4 Å². The second-order valence-corrected chi connectivity index (χ2v) is 5.49. The van der Waals surface area contributed by atoms with E-state index in [1.165, 1.54) is 0 Å². The molecule has 1 amide bonds. The molecule has 0 radical (unpaired) electrons. The van der Waals surface area contributed by atoms with Gasteiger partial charge in [-0.2, -0.15) is 5.26 Å². The van der Waals surface area contributed by atoms with E-state index in [1.807, 2.05) is 0 Å². The molecule has 1 aromatic carbocycles. The van der Waals surface area contributed by atoms with Crippen molar-refractivity contribution >= 4 is 23.2 Å². The van der Waals surface area contributed by atoms with Crippen LogP contribution in [-0.4, -0.2) is 11.0 Å². The number of nitrogens with zero attached hydrogens (tertiary/aromatic N) is 1. The summed E-state index contributed by atoms with van der Waals surface area (Å²) in [5.74, 6) is -0.897. The fraction of sp³-hybridized carbons (Fsp3) is 0.286. The lowest BCUT2D eigenvalue weighted by molar-refractivity contribution is -0.112. The molecule has 0 saturated heterocycles. The van der Waals surface area contributed by atoms with Gasteiger partial charge in [-0.3, -0.25) is 4.79 Å². The summed E-state index contributed by atoms with van der Waals surface area (Å²) in [5, 5.41) is 21.9. The predicted molar refractivity (Wildman–Crippen MR) is 74.8 cm³/mol. The third kappa shape index (κ3) is 4.01. The Hall–Kier alpha value is -1.99. The molecule has 2 N–H and O–H groups in total. The van der Waals surface area contributed by atoms with Crippen LogP contribution in [0, 0.1) is 16.7 Å². The van der Waals surface area contributed by atoms with E-state index >= 15 is 0 Å². The number of aliphatic hydroxyl groups excluding tert-OH is 1. The number of nitriles is 1. The van der Waals surface area contributed by atoms with Crippen LogP contribution < -0.4 is 5.32 Å². The Kier molecular flexibility index (Phi) is 4.57. The van der Waals surface area contributed by atoms with Crippen LogP contribution in [0.15, 0.2) is 35.6 Å². The summed E-state index contributed by atoms with van der Waals surface area (Å²) in [6.07, 6.45) is 0. The zero-order chi connectivity index (χ0) is 14.6. The van der Waals surface area contributed by atoms with E-state index < -0.39 is 11.3 Å². The monoisotopic (exact) mass is 278 g/mol. The smallest absolute Gasteiger partial charge is 0.269 e. The van der Waals surface area contributed by atoms with Crippen molar-refractivity contribution in [3.63, 3.8) is 0 Å². The Labute approximate surface area is 117 Å². The fourth-order valence-electron chi connectivity index (χ4n) is 1.35. The second-order valence-electron chi connectivity index (χ2n) is 5.05. The van der Waals surface area contributed by atoms with Crippen molar-refractivity contribution < 1.29 is 9.90 Å². The second kappa shape index (κ2) is 5.77. The third-order valence-electron chi connectivity index (χ3n) is 2.37. The van der Waals surface area contributed by atoms with Gasteiger partial charge in [-0.15, -0.1) is 0 Å². The molecule has 0 aromatic heterocycles. The lowest BCUT2D eigenvalue weighted by Crippen LogP contribution is -2.20.